The summed E-state index contributed by atoms with van der Waals surface area (Å²) in [7, 11) is 0. The Morgan fingerprint density at radius 3 is 2.28 bits per heavy atom. The van der Waals surface area contributed by atoms with Gasteiger partial charge < -0.3 is 0 Å². The minimum atomic E-state index is -0.0439. The van der Waals surface area contributed by atoms with Crippen LogP contribution in [0.4, 0.5) is 4.39 Å². The van der Waals surface area contributed by atoms with Crippen molar-refractivity contribution >= 4 is 0 Å². The molecular weight excluding hydrogens is 307 g/mol. The molecule has 0 spiro atoms. The molecule has 0 saturated carbocycles. The van der Waals surface area contributed by atoms with Crippen LogP contribution in [-0.2, 0) is 25.7 Å². The molecule has 3 rings (SSSR count). The number of fused-ring (bicyclic) bond motifs is 1. The third-order valence-corrected chi connectivity index (χ3v) is 5.28. The molecule has 0 nitrogen and oxygen atoms in total. The number of hydrogen-bond donors (Lipinski definition) is 0. The first-order valence-corrected chi connectivity index (χ1v) is 9.32. The fourth-order valence-corrected chi connectivity index (χ4v) is 3.82. The van der Waals surface area contributed by atoms with Crippen LogP contribution >= 0.6 is 0 Å². The van der Waals surface area contributed by atoms with Crippen molar-refractivity contribution < 1.29 is 4.39 Å². The lowest BCUT2D eigenvalue weighted by molar-refractivity contribution is 0.532. The highest BCUT2D eigenvalue weighted by atomic mass is 19.1. The second-order valence-electron chi connectivity index (χ2n) is 7.05. The van der Waals surface area contributed by atoms with E-state index in [2.05, 4.69) is 37.4 Å². The summed E-state index contributed by atoms with van der Waals surface area (Å²) in [5.74, 6) is 0.248. The third-order valence-electron chi connectivity index (χ3n) is 5.28. The van der Waals surface area contributed by atoms with Gasteiger partial charge in [-0.3, -0.25) is 0 Å². The van der Waals surface area contributed by atoms with Crippen molar-refractivity contribution in [3.05, 3.63) is 95.3 Å². The van der Waals surface area contributed by atoms with E-state index in [0.29, 0.717) is 5.92 Å². The Bertz CT molecular complexity index is 757. The van der Waals surface area contributed by atoms with Gasteiger partial charge in [-0.25, -0.2) is 4.39 Å². The zero-order valence-electron chi connectivity index (χ0n) is 14.9. The Labute approximate surface area is 151 Å². The molecule has 1 heteroatoms. The normalized spacial score (nSPS) is 16.3. The van der Waals surface area contributed by atoms with Gasteiger partial charge in [0.2, 0.25) is 0 Å². The van der Waals surface area contributed by atoms with Crippen LogP contribution in [-0.4, -0.2) is 0 Å². The van der Waals surface area contributed by atoms with Gasteiger partial charge in [-0.2, -0.15) is 0 Å². The van der Waals surface area contributed by atoms with Crippen LogP contribution in [0.3, 0.4) is 0 Å². The first kappa shape index (κ1) is 17.7. The van der Waals surface area contributed by atoms with E-state index >= 15 is 0 Å². The van der Waals surface area contributed by atoms with E-state index < -0.39 is 0 Å². The SMILES string of the molecule is C=CCCc1ccc(C2CCc3cc(CCC=C)ccc3C2)c(F)c1. The van der Waals surface area contributed by atoms with Crippen LogP contribution < -0.4 is 0 Å². The van der Waals surface area contributed by atoms with Crippen molar-refractivity contribution in [2.75, 3.05) is 0 Å². The molecule has 1 unspecified atom stereocenters. The second kappa shape index (κ2) is 8.29. The molecule has 0 aliphatic heterocycles. The van der Waals surface area contributed by atoms with Crippen LogP contribution in [0.25, 0.3) is 0 Å². The summed E-state index contributed by atoms with van der Waals surface area (Å²) in [5, 5.41) is 0. The second-order valence-corrected chi connectivity index (χ2v) is 7.05. The monoisotopic (exact) mass is 334 g/mol. The van der Waals surface area contributed by atoms with Gasteiger partial charge in [0.25, 0.3) is 0 Å². The van der Waals surface area contributed by atoms with Crippen molar-refractivity contribution in [3.8, 4) is 0 Å². The van der Waals surface area contributed by atoms with Crippen molar-refractivity contribution in [3.63, 3.8) is 0 Å². The average molecular weight is 334 g/mol. The molecule has 0 aromatic heterocycles. The third kappa shape index (κ3) is 4.28. The van der Waals surface area contributed by atoms with Gasteiger partial charge >= 0.3 is 0 Å². The number of aryl methyl sites for hydroxylation is 3. The van der Waals surface area contributed by atoms with E-state index in [1.165, 1.54) is 16.7 Å². The van der Waals surface area contributed by atoms with E-state index in [1.54, 1.807) is 6.07 Å². The summed E-state index contributed by atoms with van der Waals surface area (Å²) >= 11 is 0. The minimum absolute atomic E-state index is 0.0439. The molecule has 25 heavy (non-hydrogen) atoms. The lowest BCUT2D eigenvalue weighted by Crippen LogP contribution is -2.14. The van der Waals surface area contributed by atoms with E-state index in [9.17, 15) is 4.39 Å². The quantitative estimate of drug-likeness (QED) is 0.519. The Balaban J connectivity index is 1.74. The van der Waals surface area contributed by atoms with Crippen molar-refractivity contribution in [2.45, 2.75) is 50.9 Å². The molecule has 0 heterocycles. The van der Waals surface area contributed by atoms with Crippen LogP contribution in [0.1, 0.15) is 53.0 Å². The Kier molecular flexibility index (Phi) is 5.86. The fourth-order valence-electron chi connectivity index (χ4n) is 3.82. The van der Waals surface area contributed by atoms with E-state index in [1.807, 2.05) is 18.2 Å². The van der Waals surface area contributed by atoms with Gasteiger partial charge in [-0.15, -0.1) is 13.2 Å². The number of hydrogen-bond acceptors (Lipinski definition) is 0. The summed E-state index contributed by atoms with van der Waals surface area (Å²) in [6.45, 7) is 7.53. The highest BCUT2D eigenvalue weighted by molar-refractivity contribution is 5.38. The van der Waals surface area contributed by atoms with Crippen LogP contribution in [0.2, 0.25) is 0 Å². The Morgan fingerprint density at radius 1 is 0.920 bits per heavy atom. The summed E-state index contributed by atoms with van der Waals surface area (Å²) in [4.78, 5) is 0. The van der Waals surface area contributed by atoms with Gasteiger partial charge in [0.05, 0.1) is 0 Å². The molecule has 0 N–H and O–H groups in total. The van der Waals surface area contributed by atoms with Crippen molar-refractivity contribution in [1.29, 1.82) is 0 Å². The van der Waals surface area contributed by atoms with Crippen LogP contribution in [0.15, 0.2) is 61.7 Å². The molecule has 1 atom stereocenters. The van der Waals surface area contributed by atoms with Gasteiger partial charge in [0.1, 0.15) is 5.82 Å². The molecule has 0 radical (unpaired) electrons. The van der Waals surface area contributed by atoms with Gasteiger partial charge in [0.15, 0.2) is 0 Å². The standard InChI is InChI=1S/C24H27F/c1-3-5-7-18-9-11-21-17-22(13-12-20(21)15-18)23-14-10-19(8-6-4-2)16-24(23)25/h3-4,9-11,14-16,22H,1-2,5-8,12-13,17H2. The Morgan fingerprint density at radius 2 is 1.60 bits per heavy atom. The number of benzene rings is 2. The average Bonchev–Trinajstić information content (AvgIpc) is 2.64. The highest BCUT2D eigenvalue weighted by Crippen LogP contribution is 2.34. The Hall–Kier alpha value is -2.15. The molecule has 2 aromatic rings. The van der Waals surface area contributed by atoms with Gasteiger partial charge in [0, 0.05) is 0 Å². The summed E-state index contributed by atoms with van der Waals surface area (Å²) in [5.41, 5.74) is 6.15. The van der Waals surface area contributed by atoms with Gasteiger partial charge in [-0.05, 0) is 84.7 Å². The molecule has 1 aliphatic rings. The van der Waals surface area contributed by atoms with Crippen molar-refractivity contribution in [2.24, 2.45) is 0 Å². The number of allylic oxidation sites excluding steroid dienone is 2. The molecule has 0 bridgehead atoms. The molecule has 0 saturated heterocycles. The summed E-state index contributed by atoms with van der Waals surface area (Å²) in [6, 6.07) is 12.6. The lowest BCUT2D eigenvalue weighted by atomic mass is 9.79. The number of rotatable bonds is 7. The minimum Gasteiger partial charge on any atom is -0.207 e. The molecule has 2 aromatic carbocycles. The zero-order chi connectivity index (χ0) is 17.6. The first-order valence-electron chi connectivity index (χ1n) is 9.32. The maximum absolute atomic E-state index is 14.6. The molecule has 1 aliphatic carbocycles. The molecule has 0 fully saturated rings. The molecule has 0 amide bonds. The molecule has 130 valence electrons. The topological polar surface area (TPSA) is 0 Å². The van der Waals surface area contributed by atoms with Crippen molar-refractivity contribution in [1.82, 2.24) is 0 Å². The zero-order valence-corrected chi connectivity index (χ0v) is 14.9. The van der Waals surface area contributed by atoms with E-state index in [0.717, 1.165) is 56.1 Å². The summed E-state index contributed by atoms with van der Waals surface area (Å²) < 4.78 is 14.6. The van der Waals surface area contributed by atoms with Crippen LogP contribution in [0.5, 0.6) is 0 Å². The predicted octanol–water partition coefficient (Wildman–Crippen LogP) is 6.34. The van der Waals surface area contributed by atoms with E-state index in [-0.39, 0.29) is 5.82 Å². The highest BCUT2D eigenvalue weighted by Gasteiger charge is 2.22. The maximum atomic E-state index is 14.6. The number of halogens is 1. The maximum Gasteiger partial charge on any atom is 0.126 e. The summed E-state index contributed by atoms with van der Waals surface area (Å²) in [6.07, 6.45) is 10.7. The van der Waals surface area contributed by atoms with Crippen LogP contribution in [0, 0.1) is 5.82 Å². The molecular formula is C24H27F. The predicted molar refractivity (Wildman–Crippen MR) is 105 cm³/mol. The lowest BCUT2D eigenvalue weighted by Gasteiger charge is -2.26. The van der Waals surface area contributed by atoms with E-state index in [4.69, 9.17) is 0 Å². The fraction of sp³-hybridized carbons (Fsp3) is 0.333. The first-order chi connectivity index (χ1) is 12.2. The van der Waals surface area contributed by atoms with Gasteiger partial charge in [-0.1, -0.05) is 42.5 Å². The smallest absolute Gasteiger partial charge is 0.126 e. The largest absolute Gasteiger partial charge is 0.207 e.